The Morgan fingerprint density at radius 2 is 1.74 bits per heavy atom. The molecule has 0 saturated carbocycles. The predicted molar refractivity (Wildman–Crippen MR) is 139 cm³/mol. The highest BCUT2D eigenvalue weighted by Gasteiger charge is 2.31. The molecule has 0 spiro atoms. The number of anilines is 2. The predicted octanol–water partition coefficient (Wildman–Crippen LogP) is 5.44. The lowest BCUT2D eigenvalue weighted by atomic mass is 10.1. The highest BCUT2D eigenvalue weighted by atomic mass is 19.4. The highest BCUT2D eigenvalue weighted by Crippen LogP contribution is 2.32. The second-order valence-corrected chi connectivity index (χ2v) is 9.28. The van der Waals surface area contributed by atoms with E-state index in [1.54, 1.807) is 24.3 Å². The normalized spacial score (nSPS) is 13.5. The van der Waals surface area contributed by atoms with Gasteiger partial charge in [-0.25, -0.2) is 18.9 Å². The average Bonchev–Trinajstić information content (AvgIpc) is 3.36. The second-order valence-electron chi connectivity index (χ2n) is 9.28. The molecule has 1 aliphatic heterocycles. The molecule has 0 radical (unpaired) electrons. The monoisotopic (exact) mass is 534 g/mol. The number of fused-ring (bicyclic) bond motifs is 2. The maximum absolute atomic E-state index is 13.8. The molecule has 0 bridgehead atoms. The van der Waals surface area contributed by atoms with Gasteiger partial charge in [-0.1, -0.05) is 30.3 Å². The summed E-state index contributed by atoms with van der Waals surface area (Å²) in [6.45, 7) is 1.000. The molecule has 0 unspecified atom stereocenters. The van der Waals surface area contributed by atoms with Crippen molar-refractivity contribution in [2.24, 2.45) is 0 Å². The summed E-state index contributed by atoms with van der Waals surface area (Å²) in [4.78, 5) is 27.9. The standard InChI is InChI=1S/C28H22F4N6O/c29-19-9-6-17(7-10-19)15-33-26-34-22-12-13-37(16-21(22)25(39)38(26)20-4-2-1-3-5-20)27-35-23-11-8-18(28(30,31)32)14-24(23)36-27/h1-11,14H,12-13,15-16H2,(H,33,34)(H,35,36). The van der Waals surface area contributed by atoms with Crippen molar-refractivity contribution in [3.63, 3.8) is 0 Å². The summed E-state index contributed by atoms with van der Waals surface area (Å²) in [5.41, 5.74) is 2.23. The van der Waals surface area contributed by atoms with E-state index in [1.165, 1.54) is 22.8 Å². The topological polar surface area (TPSA) is 78.8 Å². The molecule has 5 aromatic rings. The Bertz CT molecular complexity index is 1710. The summed E-state index contributed by atoms with van der Waals surface area (Å²) in [7, 11) is 0. The SMILES string of the molecule is O=c1c2c(nc(NCc3ccc(F)cc3)n1-c1ccccc1)CCN(c1nc3ccc(C(F)(F)F)cc3[nH]1)C2. The molecule has 2 N–H and O–H groups in total. The van der Waals surface area contributed by atoms with E-state index in [0.717, 1.165) is 17.7 Å². The van der Waals surface area contributed by atoms with E-state index in [4.69, 9.17) is 4.98 Å². The van der Waals surface area contributed by atoms with Gasteiger partial charge in [0.15, 0.2) is 0 Å². The maximum atomic E-state index is 13.8. The molecule has 0 saturated heterocycles. The first kappa shape index (κ1) is 24.7. The van der Waals surface area contributed by atoms with Crippen molar-refractivity contribution in [2.75, 3.05) is 16.8 Å². The van der Waals surface area contributed by atoms with Crippen molar-refractivity contribution < 1.29 is 17.6 Å². The molecule has 6 rings (SSSR count). The van der Waals surface area contributed by atoms with Crippen LogP contribution in [0.5, 0.6) is 0 Å². The molecular formula is C28H22F4N6O. The van der Waals surface area contributed by atoms with Crippen LogP contribution in [0, 0.1) is 5.82 Å². The summed E-state index contributed by atoms with van der Waals surface area (Å²) in [6.07, 6.45) is -4.02. The molecule has 0 aliphatic carbocycles. The average molecular weight is 535 g/mol. The van der Waals surface area contributed by atoms with Crippen LogP contribution in [0.2, 0.25) is 0 Å². The van der Waals surface area contributed by atoms with Crippen molar-refractivity contribution in [3.05, 3.63) is 111 Å². The van der Waals surface area contributed by atoms with Crippen molar-refractivity contribution in [3.8, 4) is 5.69 Å². The van der Waals surface area contributed by atoms with Crippen LogP contribution in [0.25, 0.3) is 16.7 Å². The maximum Gasteiger partial charge on any atom is 0.416 e. The van der Waals surface area contributed by atoms with Crippen molar-refractivity contribution in [2.45, 2.75) is 25.7 Å². The molecule has 2 aromatic heterocycles. The van der Waals surface area contributed by atoms with Crippen LogP contribution in [0.4, 0.5) is 29.5 Å². The summed E-state index contributed by atoms with van der Waals surface area (Å²) < 4.78 is 54.3. The molecule has 3 heterocycles. The third-order valence-corrected chi connectivity index (χ3v) is 6.70. The fourth-order valence-corrected chi connectivity index (χ4v) is 4.70. The zero-order chi connectivity index (χ0) is 27.1. The zero-order valence-corrected chi connectivity index (χ0v) is 20.5. The number of H-pyrrole nitrogens is 1. The van der Waals surface area contributed by atoms with Crippen LogP contribution >= 0.6 is 0 Å². The Hall–Kier alpha value is -4.67. The Morgan fingerprint density at radius 1 is 0.974 bits per heavy atom. The van der Waals surface area contributed by atoms with Gasteiger partial charge in [-0.05, 0) is 48.0 Å². The number of benzene rings is 3. The van der Waals surface area contributed by atoms with Crippen LogP contribution in [-0.4, -0.2) is 26.1 Å². The van der Waals surface area contributed by atoms with Gasteiger partial charge in [0.25, 0.3) is 5.56 Å². The molecule has 0 fully saturated rings. The lowest BCUT2D eigenvalue weighted by Gasteiger charge is -2.28. The molecule has 3 aromatic carbocycles. The first-order valence-corrected chi connectivity index (χ1v) is 12.3. The Balaban J connectivity index is 1.35. The van der Waals surface area contributed by atoms with E-state index < -0.39 is 11.7 Å². The lowest BCUT2D eigenvalue weighted by Crippen LogP contribution is -2.39. The van der Waals surface area contributed by atoms with E-state index >= 15 is 0 Å². The van der Waals surface area contributed by atoms with Gasteiger partial charge in [0.1, 0.15) is 5.82 Å². The molecule has 0 amide bonds. The molecule has 0 atom stereocenters. The minimum atomic E-state index is -4.46. The minimum absolute atomic E-state index is 0.193. The third-order valence-electron chi connectivity index (χ3n) is 6.70. The van der Waals surface area contributed by atoms with Gasteiger partial charge in [-0.3, -0.25) is 4.79 Å². The van der Waals surface area contributed by atoms with Gasteiger partial charge in [-0.15, -0.1) is 0 Å². The Morgan fingerprint density at radius 3 is 2.49 bits per heavy atom. The molecular weight excluding hydrogens is 512 g/mol. The largest absolute Gasteiger partial charge is 0.416 e. The summed E-state index contributed by atoms with van der Waals surface area (Å²) >= 11 is 0. The number of aromatic amines is 1. The lowest BCUT2D eigenvalue weighted by molar-refractivity contribution is -0.137. The fraction of sp³-hybridized carbons (Fsp3) is 0.179. The van der Waals surface area contributed by atoms with Crippen LogP contribution < -0.4 is 15.8 Å². The van der Waals surface area contributed by atoms with Crippen molar-refractivity contribution in [1.29, 1.82) is 0 Å². The van der Waals surface area contributed by atoms with Crippen LogP contribution in [0.3, 0.4) is 0 Å². The van der Waals surface area contributed by atoms with Gasteiger partial charge in [0.05, 0.1) is 40.1 Å². The number of nitrogens with zero attached hydrogens (tertiary/aromatic N) is 4. The van der Waals surface area contributed by atoms with Gasteiger partial charge in [0.2, 0.25) is 11.9 Å². The fourth-order valence-electron chi connectivity index (χ4n) is 4.70. The Labute approximate surface area is 219 Å². The highest BCUT2D eigenvalue weighted by molar-refractivity contribution is 5.78. The van der Waals surface area contributed by atoms with Crippen molar-refractivity contribution in [1.82, 2.24) is 19.5 Å². The second kappa shape index (κ2) is 9.57. The summed E-state index contributed by atoms with van der Waals surface area (Å²) in [5.74, 6) is 0.423. The first-order chi connectivity index (χ1) is 18.8. The Kier molecular flexibility index (Phi) is 6.05. The number of para-hydroxylation sites is 1. The molecule has 7 nitrogen and oxygen atoms in total. The van der Waals surface area contributed by atoms with E-state index in [0.29, 0.717) is 53.9 Å². The number of hydrogen-bond donors (Lipinski definition) is 2. The van der Waals surface area contributed by atoms with Crippen LogP contribution in [0.15, 0.2) is 77.6 Å². The molecule has 1 aliphatic rings. The number of rotatable bonds is 5. The number of alkyl halides is 3. The number of aromatic nitrogens is 4. The first-order valence-electron chi connectivity index (χ1n) is 12.3. The van der Waals surface area contributed by atoms with Gasteiger partial charge < -0.3 is 15.2 Å². The quantitative estimate of drug-likeness (QED) is 0.294. The number of nitrogens with one attached hydrogen (secondary N) is 2. The van der Waals surface area contributed by atoms with Gasteiger partial charge >= 0.3 is 6.18 Å². The van der Waals surface area contributed by atoms with Crippen LogP contribution in [-0.2, 0) is 25.7 Å². The minimum Gasteiger partial charge on any atom is -0.351 e. The van der Waals surface area contributed by atoms with Gasteiger partial charge in [-0.2, -0.15) is 13.2 Å². The number of hydrogen-bond acceptors (Lipinski definition) is 5. The van der Waals surface area contributed by atoms with Crippen LogP contribution in [0.1, 0.15) is 22.4 Å². The van der Waals surface area contributed by atoms with E-state index in [-0.39, 0.29) is 23.4 Å². The van der Waals surface area contributed by atoms with Crippen molar-refractivity contribution >= 4 is 22.9 Å². The molecule has 11 heteroatoms. The van der Waals surface area contributed by atoms with E-state index in [9.17, 15) is 22.4 Å². The zero-order valence-electron chi connectivity index (χ0n) is 20.5. The summed E-state index contributed by atoms with van der Waals surface area (Å²) in [6, 6.07) is 18.5. The van der Waals surface area contributed by atoms with Gasteiger partial charge in [0, 0.05) is 19.5 Å². The summed E-state index contributed by atoms with van der Waals surface area (Å²) in [5, 5.41) is 3.22. The molecule has 39 heavy (non-hydrogen) atoms. The third kappa shape index (κ3) is 4.83. The van der Waals surface area contributed by atoms with E-state index in [2.05, 4.69) is 15.3 Å². The number of imidazole rings is 1. The smallest absolute Gasteiger partial charge is 0.351 e. The number of halogens is 4. The molecule has 198 valence electrons. The van der Waals surface area contributed by atoms with E-state index in [1.807, 2.05) is 23.1 Å².